The van der Waals surface area contributed by atoms with Gasteiger partial charge in [-0.05, 0) is 73.3 Å². The molecule has 1 aromatic carbocycles. The molecule has 1 heteroatoms. The van der Waals surface area contributed by atoms with Crippen molar-refractivity contribution in [3.05, 3.63) is 66.3 Å². The quantitative estimate of drug-likeness (QED) is 0.483. The molecule has 1 atom stereocenters. The number of benzene rings is 1. The summed E-state index contributed by atoms with van der Waals surface area (Å²) in [6, 6.07) is 10.7. The van der Waals surface area contributed by atoms with Gasteiger partial charge < -0.3 is 0 Å². The fourth-order valence-corrected chi connectivity index (χ4v) is 4.63. The molecule has 0 spiro atoms. The molecular formula is C24H31F. The van der Waals surface area contributed by atoms with Crippen LogP contribution in [-0.2, 0) is 0 Å². The molecule has 2 aliphatic rings. The van der Waals surface area contributed by atoms with E-state index in [2.05, 4.69) is 61.6 Å². The lowest BCUT2D eigenvalue weighted by atomic mass is 9.62. The van der Waals surface area contributed by atoms with Crippen LogP contribution < -0.4 is 0 Å². The van der Waals surface area contributed by atoms with Gasteiger partial charge in [-0.15, -0.1) is 0 Å². The summed E-state index contributed by atoms with van der Waals surface area (Å²) in [5.41, 5.74) is 3.03. The molecule has 0 bridgehead atoms. The van der Waals surface area contributed by atoms with Gasteiger partial charge in [0.25, 0.3) is 0 Å². The molecule has 3 rings (SSSR count). The van der Waals surface area contributed by atoms with Crippen molar-refractivity contribution in [2.75, 3.05) is 6.67 Å². The Morgan fingerprint density at radius 1 is 1.12 bits per heavy atom. The maximum atomic E-state index is 12.2. The number of rotatable bonds is 6. The average molecular weight is 339 g/mol. The highest BCUT2D eigenvalue weighted by Crippen LogP contribution is 2.48. The van der Waals surface area contributed by atoms with Crippen molar-refractivity contribution >= 4 is 5.57 Å². The maximum Gasteiger partial charge on any atom is 0.0928 e. The van der Waals surface area contributed by atoms with Gasteiger partial charge in [0.2, 0.25) is 0 Å². The number of halogens is 1. The maximum absolute atomic E-state index is 12.2. The molecule has 0 aromatic heterocycles. The predicted molar refractivity (Wildman–Crippen MR) is 106 cm³/mol. The van der Waals surface area contributed by atoms with Crippen molar-refractivity contribution in [2.45, 2.75) is 51.9 Å². The minimum Gasteiger partial charge on any atom is -0.251 e. The summed E-state index contributed by atoms with van der Waals surface area (Å²) in [4.78, 5) is 0. The second kappa shape index (κ2) is 8.65. The Hall–Kier alpha value is -1.63. The molecule has 0 saturated heterocycles. The summed E-state index contributed by atoms with van der Waals surface area (Å²) >= 11 is 0. The molecule has 134 valence electrons. The Bertz CT molecular complexity index is 617. The highest BCUT2D eigenvalue weighted by molar-refractivity contribution is 5.75. The van der Waals surface area contributed by atoms with Crippen LogP contribution >= 0.6 is 0 Å². The highest BCUT2D eigenvalue weighted by Gasteiger charge is 2.37. The van der Waals surface area contributed by atoms with Gasteiger partial charge in [-0.3, -0.25) is 4.39 Å². The standard InChI is InChI=1S/C24H31F/c1-2-24(23-13-11-20(12-14-23)8-6-7-19-25)17-15-22(16-18-24)21-9-4-3-5-10-21/h3-6,8-10,15-17,20,23H,2,7,11-14,18-19H2,1H3/b8-6+. The molecule has 1 saturated carbocycles. The van der Waals surface area contributed by atoms with E-state index >= 15 is 0 Å². The van der Waals surface area contributed by atoms with Gasteiger partial charge in [-0.25, -0.2) is 0 Å². The summed E-state index contributed by atoms with van der Waals surface area (Å²) in [6.07, 6.45) is 19.7. The minimum absolute atomic E-state index is 0.230. The lowest BCUT2D eigenvalue weighted by molar-refractivity contribution is 0.150. The van der Waals surface area contributed by atoms with E-state index in [1.807, 2.05) is 6.08 Å². The van der Waals surface area contributed by atoms with Gasteiger partial charge in [-0.2, -0.15) is 0 Å². The van der Waals surface area contributed by atoms with Crippen LogP contribution in [0.4, 0.5) is 4.39 Å². The largest absolute Gasteiger partial charge is 0.251 e. The fraction of sp³-hybridized carbons (Fsp3) is 0.500. The van der Waals surface area contributed by atoms with E-state index in [1.54, 1.807) is 0 Å². The summed E-state index contributed by atoms with van der Waals surface area (Å²) in [7, 11) is 0. The highest BCUT2D eigenvalue weighted by atomic mass is 19.1. The first-order valence-corrected chi connectivity index (χ1v) is 9.95. The van der Waals surface area contributed by atoms with Crippen LogP contribution in [0.15, 0.2) is 60.7 Å². The third-order valence-corrected chi connectivity index (χ3v) is 6.33. The van der Waals surface area contributed by atoms with Crippen LogP contribution in [0.25, 0.3) is 5.57 Å². The topological polar surface area (TPSA) is 0 Å². The van der Waals surface area contributed by atoms with Gasteiger partial charge in [-0.1, -0.05) is 67.6 Å². The first-order valence-electron chi connectivity index (χ1n) is 9.95. The third kappa shape index (κ3) is 4.32. The Morgan fingerprint density at radius 3 is 2.48 bits per heavy atom. The molecular weight excluding hydrogens is 307 g/mol. The van der Waals surface area contributed by atoms with Crippen molar-refractivity contribution < 1.29 is 4.39 Å². The number of hydrogen-bond donors (Lipinski definition) is 0. The zero-order chi connectivity index (χ0) is 17.5. The number of alkyl halides is 1. The monoisotopic (exact) mass is 338 g/mol. The van der Waals surface area contributed by atoms with Crippen LogP contribution in [0, 0.1) is 17.3 Å². The first-order chi connectivity index (χ1) is 12.3. The van der Waals surface area contributed by atoms with Gasteiger partial charge >= 0.3 is 0 Å². The van der Waals surface area contributed by atoms with Crippen molar-refractivity contribution in [2.24, 2.45) is 17.3 Å². The van der Waals surface area contributed by atoms with Gasteiger partial charge in [0.1, 0.15) is 0 Å². The van der Waals surface area contributed by atoms with Crippen molar-refractivity contribution in [3.8, 4) is 0 Å². The van der Waals surface area contributed by atoms with Crippen molar-refractivity contribution in [1.29, 1.82) is 0 Å². The van der Waals surface area contributed by atoms with Crippen LogP contribution in [0.1, 0.15) is 57.4 Å². The molecule has 0 amide bonds. The van der Waals surface area contributed by atoms with E-state index in [0.29, 0.717) is 17.8 Å². The minimum atomic E-state index is -0.230. The molecule has 1 fully saturated rings. The Labute approximate surface area is 152 Å². The summed E-state index contributed by atoms with van der Waals surface area (Å²) in [5, 5.41) is 0. The molecule has 0 nitrogen and oxygen atoms in total. The zero-order valence-corrected chi connectivity index (χ0v) is 15.5. The van der Waals surface area contributed by atoms with Gasteiger partial charge in [0.15, 0.2) is 0 Å². The normalized spacial score (nSPS) is 29.8. The van der Waals surface area contributed by atoms with E-state index < -0.39 is 0 Å². The SMILES string of the molecule is CCC1(C2CCC(/C=C/CCF)CC2)C=CC(c2ccccc2)=CC1. The molecule has 0 aliphatic heterocycles. The van der Waals surface area contributed by atoms with Crippen LogP contribution in [0.3, 0.4) is 0 Å². The summed E-state index contributed by atoms with van der Waals surface area (Å²) in [6.45, 7) is 2.12. The third-order valence-electron chi connectivity index (χ3n) is 6.33. The molecule has 0 radical (unpaired) electrons. The van der Waals surface area contributed by atoms with Crippen molar-refractivity contribution in [1.82, 2.24) is 0 Å². The molecule has 1 unspecified atom stereocenters. The lowest BCUT2D eigenvalue weighted by Gasteiger charge is -2.42. The van der Waals surface area contributed by atoms with E-state index in [4.69, 9.17) is 0 Å². The number of allylic oxidation sites excluding steroid dienone is 6. The zero-order valence-electron chi connectivity index (χ0n) is 15.5. The van der Waals surface area contributed by atoms with Gasteiger partial charge in [0.05, 0.1) is 6.67 Å². The van der Waals surface area contributed by atoms with E-state index in [-0.39, 0.29) is 6.67 Å². The summed E-state index contributed by atoms with van der Waals surface area (Å²) in [5.74, 6) is 1.45. The van der Waals surface area contributed by atoms with Crippen LogP contribution in [0.2, 0.25) is 0 Å². The molecule has 0 N–H and O–H groups in total. The summed E-state index contributed by atoms with van der Waals surface area (Å²) < 4.78 is 12.2. The smallest absolute Gasteiger partial charge is 0.0928 e. The predicted octanol–water partition coefficient (Wildman–Crippen LogP) is 7.15. The molecule has 2 aliphatic carbocycles. The second-order valence-electron chi connectivity index (χ2n) is 7.67. The Balaban J connectivity index is 1.62. The van der Waals surface area contributed by atoms with Crippen molar-refractivity contribution in [3.63, 3.8) is 0 Å². The second-order valence-corrected chi connectivity index (χ2v) is 7.67. The van der Waals surface area contributed by atoms with Crippen LogP contribution in [-0.4, -0.2) is 6.67 Å². The molecule has 25 heavy (non-hydrogen) atoms. The van der Waals surface area contributed by atoms with Crippen LogP contribution in [0.5, 0.6) is 0 Å². The Morgan fingerprint density at radius 2 is 1.88 bits per heavy atom. The molecule has 0 heterocycles. The fourth-order valence-electron chi connectivity index (χ4n) is 4.63. The number of hydrogen-bond acceptors (Lipinski definition) is 0. The average Bonchev–Trinajstić information content (AvgIpc) is 2.69. The van der Waals surface area contributed by atoms with Gasteiger partial charge in [0, 0.05) is 0 Å². The molecule has 1 aromatic rings. The lowest BCUT2D eigenvalue weighted by Crippen LogP contribution is -2.32. The van der Waals surface area contributed by atoms with E-state index in [1.165, 1.54) is 43.2 Å². The Kier molecular flexibility index (Phi) is 6.29. The van der Waals surface area contributed by atoms with E-state index in [9.17, 15) is 4.39 Å². The van der Waals surface area contributed by atoms with E-state index in [0.717, 1.165) is 12.3 Å². The first kappa shape index (κ1) is 18.2.